The number of hydrogen-bond donors (Lipinski definition) is 1. The van der Waals surface area contributed by atoms with Gasteiger partial charge in [0.15, 0.2) is 0 Å². The molecule has 5 rings (SSSR count). The fourth-order valence-electron chi connectivity index (χ4n) is 4.42. The number of nitrogens with one attached hydrogen (secondary N) is 1. The van der Waals surface area contributed by atoms with Gasteiger partial charge in [0.25, 0.3) is 5.91 Å². The standard InChI is InChI=1S/C25H22FN3O3S/c1-25(18-11-10-16-6-2-3-7-17(16)14-18)23(31)29(24(32)27-25)15-21(30)28-12-13-33-22(28)19-8-4-5-9-20(19)26/h2-11,14,22H,12-13,15H2,1H3,(H,27,32). The summed E-state index contributed by atoms with van der Waals surface area (Å²) < 4.78 is 14.3. The van der Waals surface area contributed by atoms with Gasteiger partial charge in [-0.25, -0.2) is 9.18 Å². The van der Waals surface area contributed by atoms with Crippen molar-refractivity contribution < 1.29 is 18.8 Å². The van der Waals surface area contributed by atoms with Crippen LogP contribution in [0, 0.1) is 5.82 Å². The topological polar surface area (TPSA) is 69.7 Å². The van der Waals surface area contributed by atoms with Crippen molar-refractivity contribution in [2.24, 2.45) is 0 Å². The van der Waals surface area contributed by atoms with E-state index < -0.39 is 22.9 Å². The van der Waals surface area contributed by atoms with Gasteiger partial charge in [0, 0.05) is 17.9 Å². The van der Waals surface area contributed by atoms with Gasteiger partial charge >= 0.3 is 6.03 Å². The second kappa shape index (κ2) is 8.19. The molecule has 8 heteroatoms. The van der Waals surface area contributed by atoms with Crippen LogP contribution in [0.3, 0.4) is 0 Å². The monoisotopic (exact) mass is 463 g/mol. The zero-order valence-electron chi connectivity index (χ0n) is 18.0. The average molecular weight is 464 g/mol. The number of urea groups is 1. The molecule has 33 heavy (non-hydrogen) atoms. The summed E-state index contributed by atoms with van der Waals surface area (Å²) in [5, 5.41) is 4.26. The molecule has 2 saturated heterocycles. The van der Waals surface area contributed by atoms with Gasteiger partial charge in [-0.15, -0.1) is 11.8 Å². The maximum absolute atomic E-state index is 14.3. The van der Waals surface area contributed by atoms with E-state index in [4.69, 9.17) is 0 Å². The minimum Gasteiger partial charge on any atom is -0.324 e. The first kappa shape index (κ1) is 21.5. The highest BCUT2D eigenvalue weighted by Crippen LogP contribution is 2.39. The van der Waals surface area contributed by atoms with Gasteiger partial charge in [0.05, 0.1) is 0 Å². The number of rotatable bonds is 4. The summed E-state index contributed by atoms with van der Waals surface area (Å²) in [6, 6.07) is 19.1. The minimum absolute atomic E-state index is 0.381. The van der Waals surface area contributed by atoms with Crippen molar-refractivity contribution in [2.75, 3.05) is 18.8 Å². The number of hydrogen-bond acceptors (Lipinski definition) is 4. The first-order chi connectivity index (χ1) is 15.9. The number of imide groups is 1. The molecule has 2 aliphatic rings. The minimum atomic E-state index is -1.27. The molecule has 0 spiro atoms. The molecule has 3 aromatic rings. The number of thioether (sulfide) groups is 1. The highest BCUT2D eigenvalue weighted by molar-refractivity contribution is 7.99. The first-order valence-electron chi connectivity index (χ1n) is 10.7. The molecule has 0 radical (unpaired) electrons. The lowest BCUT2D eigenvalue weighted by atomic mass is 9.90. The van der Waals surface area contributed by atoms with Gasteiger partial charge in [0.1, 0.15) is 23.3 Å². The molecule has 3 aromatic carbocycles. The molecule has 2 unspecified atom stereocenters. The summed E-state index contributed by atoms with van der Waals surface area (Å²) in [6.07, 6.45) is 0. The lowest BCUT2D eigenvalue weighted by Crippen LogP contribution is -2.44. The van der Waals surface area contributed by atoms with Crippen LogP contribution in [0.1, 0.15) is 23.4 Å². The normalized spacial score (nSPS) is 22.8. The van der Waals surface area contributed by atoms with E-state index in [-0.39, 0.29) is 18.3 Å². The highest BCUT2D eigenvalue weighted by Gasteiger charge is 2.50. The third-order valence-electron chi connectivity index (χ3n) is 6.28. The molecule has 2 atom stereocenters. The molecule has 0 bridgehead atoms. The van der Waals surface area contributed by atoms with E-state index in [1.165, 1.54) is 22.7 Å². The van der Waals surface area contributed by atoms with Crippen LogP contribution in [0.2, 0.25) is 0 Å². The van der Waals surface area contributed by atoms with Crippen LogP contribution in [-0.4, -0.2) is 46.5 Å². The van der Waals surface area contributed by atoms with Crippen LogP contribution in [0.15, 0.2) is 66.7 Å². The summed E-state index contributed by atoms with van der Waals surface area (Å²) in [7, 11) is 0. The van der Waals surface area contributed by atoms with Crippen LogP contribution in [0.25, 0.3) is 10.8 Å². The van der Waals surface area contributed by atoms with Crippen molar-refractivity contribution in [3.8, 4) is 0 Å². The zero-order valence-corrected chi connectivity index (χ0v) is 18.8. The third kappa shape index (κ3) is 3.64. The number of amides is 4. The fourth-order valence-corrected chi connectivity index (χ4v) is 5.72. The summed E-state index contributed by atoms with van der Waals surface area (Å²) in [6.45, 7) is 1.68. The van der Waals surface area contributed by atoms with Crippen molar-refractivity contribution in [1.29, 1.82) is 0 Å². The molecule has 0 aliphatic carbocycles. The predicted molar refractivity (Wildman–Crippen MR) is 125 cm³/mol. The highest BCUT2D eigenvalue weighted by atomic mass is 32.2. The molecule has 168 valence electrons. The SMILES string of the molecule is CC1(c2ccc3ccccc3c2)NC(=O)N(CC(=O)N2CCSC2c2ccccc2F)C1=O. The maximum Gasteiger partial charge on any atom is 0.325 e. The molecule has 6 nitrogen and oxygen atoms in total. The van der Waals surface area contributed by atoms with Gasteiger partial charge in [-0.3, -0.25) is 14.5 Å². The molecular weight excluding hydrogens is 441 g/mol. The Morgan fingerprint density at radius 1 is 1.09 bits per heavy atom. The molecule has 2 fully saturated rings. The maximum atomic E-state index is 14.3. The molecular formula is C25H22FN3O3S. The van der Waals surface area contributed by atoms with Crippen LogP contribution >= 0.6 is 11.8 Å². The molecule has 0 aromatic heterocycles. The molecule has 1 N–H and O–H groups in total. The molecule has 0 saturated carbocycles. The Morgan fingerprint density at radius 2 is 1.82 bits per heavy atom. The van der Waals surface area contributed by atoms with Crippen molar-refractivity contribution >= 4 is 40.4 Å². The van der Waals surface area contributed by atoms with Gasteiger partial charge in [0.2, 0.25) is 5.91 Å². The summed E-state index contributed by atoms with van der Waals surface area (Å²) in [5.74, 6) is -0.599. The first-order valence-corrected chi connectivity index (χ1v) is 11.7. The Kier molecular flexibility index (Phi) is 5.32. The van der Waals surface area contributed by atoms with Gasteiger partial charge in [-0.05, 0) is 35.4 Å². The lowest BCUT2D eigenvalue weighted by molar-refractivity contribution is -0.139. The largest absolute Gasteiger partial charge is 0.325 e. The smallest absolute Gasteiger partial charge is 0.324 e. The van der Waals surface area contributed by atoms with E-state index in [1.54, 1.807) is 25.1 Å². The van der Waals surface area contributed by atoms with E-state index >= 15 is 0 Å². The average Bonchev–Trinajstić information content (AvgIpc) is 3.39. The van der Waals surface area contributed by atoms with Gasteiger partial charge < -0.3 is 10.2 Å². The number of nitrogens with zero attached hydrogens (tertiary/aromatic N) is 2. The Balaban J connectivity index is 1.37. The second-order valence-corrected chi connectivity index (χ2v) is 9.53. The lowest BCUT2D eigenvalue weighted by Gasteiger charge is -2.26. The number of carbonyl (C=O) groups is 3. The van der Waals surface area contributed by atoms with Crippen LogP contribution in [0.4, 0.5) is 9.18 Å². The van der Waals surface area contributed by atoms with E-state index in [0.717, 1.165) is 15.7 Å². The summed E-state index contributed by atoms with van der Waals surface area (Å²) in [4.78, 5) is 41.7. The zero-order chi connectivity index (χ0) is 23.2. The second-order valence-electron chi connectivity index (χ2n) is 8.34. The van der Waals surface area contributed by atoms with E-state index in [9.17, 15) is 18.8 Å². The molecule has 2 heterocycles. The van der Waals surface area contributed by atoms with Crippen LogP contribution in [0.5, 0.6) is 0 Å². The van der Waals surface area contributed by atoms with Crippen molar-refractivity contribution in [2.45, 2.75) is 17.8 Å². The van der Waals surface area contributed by atoms with Crippen molar-refractivity contribution in [1.82, 2.24) is 15.1 Å². The van der Waals surface area contributed by atoms with Crippen molar-refractivity contribution in [3.63, 3.8) is 0 Å². The quantitative estimate of drug-likeness (QED) is 0.594. The van der Waals surface area contributed by atoms with Crippen molar-refractivity contribution in [3.05, 3.63) is 83.7 Å². The van der Waals surface area contributed by atoms with Crippen LogP contribution in [-0.2, 0) is 15.1 Å². The van der Waals surface area contributed by atoms with E-state index in [1.807, 2.05) is 42.5 Å². The summed E-state index contributed by atoms with van der Waals surface area (Å²) >= 11 is 1.46. The van der Waals surface area contributed by atoms with Gasteiger partial charge in [-0.1, -0.05) is 54.6 Å². The Hall–Kier alpha value is -3.39. The summed E-state index contributed by atoms with van der Waals surface area (Å²) in [5.41, 5.74) is -0.200. The number of carbonyl (C=O) groups excluding carboxylic acids is 3. The van der Waals surface area contributed by atoms with Gasteiger partial charge in [-0.2, -0.15) is 0 Å². The fraction of sp³-hybridized carbons (Fsp3) is 0.240. The number of halogens is 1. The Bertz CT molecular complexity index is 1280. The van der Waals surface area contributed by atoms with Crippen LogP contribution < -0.4 is 5.32 Å². The van der Waals surface area contributed by atoms with E-state index in [0.29, 0.717) is 23.4 Å². The third-order valence-corrected chi connectivity index (χ3v) is 7.52. The predicted octanol–water partition coefficient (Wildman–Crippen LogP) is 4.02. The molecule has 4 amide bonds. The Labute approximate surface area is 194 Å². The molecule has 2 aliphatic heterocycles. The number of fused-ring (bicyclic) bond motifs is 1. The Morgan fingerprint density at radius 3 is 2.61 bits per heavy atom. The number of benzene rings is 3. The van der Waals surface area contributed by atoms with E-state index in [2.05, 4.69) is 5.32 Å².